The summed E-state index contributed by atoms with van der Waals surface area (Å²) in [6.07, 6.45) is 2.34. The molecule has 2 amide bonds. The number of likely N-dealkylation sites (tertiary alicyclic amines) is 1. The predicted molar refractivity (Wildman–Crippen MR) is 131 cm³/mol. The Morgan fingerprint density at radius 1 is 1.06 bits per heavy atom. The van der Waals surface area contributed by atoms with Crippen molar-refractivity contribution in [1.29, 1.82) is 0 Å². The first-order chi connectivity index (χ1) is 16.5. The van der Waals surface area contributed by atoms with Crippen molar-refractivity contribution in [2.75, 3.05) is 19.6 Å². The highest BCUT2D eigenvalue weighted by molar-refractivity contribution is 7.12. The van der Waals surface area contributed by atoms with Gasteiger partial charge in [-0.25, -0.2) is 0 Å². The third-order valence-electron chi connectivity index (χ3n) is 6.89. The van der Waals surface area contributed by atoms with Crippen molar-refractivity contribution in [2.24, 2.45) is 0 Å². The number of carbonyl (C=O) groups is 2. The summed E-state index contributed by atoms with van der Waals surface area (Å²) in [5.41, 5.74) is 4.61. The number of amides is 2. The number of carbonyl (C=O) groups excluding carboxylic acids is 2. The number of aryl methyl sites for hydroxylation is 3. The molecule has 2 aliphatic rings. The maximum Gasteiger partial charge on any atom is 0.274 e. The van der Waals surface area contributed by atoms with Crippen LogP contribution >= 0.6 is 11.3 Å². The van der Waals surface area contributed by atoms with E-state index in [0.29, 0.717) is 57.7 Å². The van der Waals surface area contributed by atoms with Gasteiger partial charge in [-0.3, -0.25) is 14.3 Å². The molecule has 0 spiro atoms. The van der Waals surface area contributed by atoms with Gasteiger partial charge >= 0.3 is 0 Å². The largest absolute Gasteiger partial charge is 0.393 e. The molecule has 1 aromatic carbocycles. The molecular weight excluding hydrogens is 448 g/mol. The molecule has 3 aromatic rings. The van der Waals surface area contributed by atoms with E-state index in [4.69, 9.17) is 5.10 Å². The van der Waals surface area contributed by atoms with E-state index in [0.717, 1.165) is 28.1 Å². The number of thiophene rings is 1. The molecule has 1 fully saturated rings. The van der Waals surface area contributed by atoms with E-state index in [9.17, 15) is 14.7 Å². The number of aliphatic hydroxyl groups excluding tert-OH is 1. The molecule has 2 aliphatic heterocycles. The van der Waals surface area contributed by atoms with Gasteiger partial charge in [-0.2, -0.15) is 5.10 Å². The summed E-state index contributed by atoms with van der Waals surface area (Å²) in [6, 6.07) is 12.2. The van der Waals surface area contributed by atoms with Crippen LogP contribution in [0, 0.1) is 6.92 Å². The molecule has 7 nitrogen and oxygen atoms in total. The van der Waals surface area contributed by atoms with Gasteiger partial charge in [0.2, 0.25) is 0 Å². The highest BCUT2D eigenvalue weighted by Gasteiger charge is 2.33. The van der Waals surface area contributed by atoms with Crippen molar-refractivity contribution in [2.45, 2.75) is 51.8 Å². The molecule has 2 aromatic heterocycles. The second-order valence-electron chi connectivity index (χ2n) is 9.17. The summed E-state index contributed by atoms with van der Waals surface area (Å²) in [4.78, 5) is 31.1. The first-order valence-corrected chi connectivity index (χ1v) is 12.8. The van der Waals surface area contributed by atoms with Crippen molar-refractivity contribution in [3.05, 3.63) is 74.7 Å². The predicted octanol–water partition coefficient (Wildman–Crippen LogP) is 3.29. The van der Waals surface area contributed by atoms with Crippen LogP contribution in [0.2, 0.25) is 0 Å². The lowest BCUT2D eigenvalue weighted by Crippen LogP contribution is -2.41. The molecule has 1 N–H and O–H groups in total. The zero-order valence-electron chi connectivity index (χ0n) is 19.4. The fourth-order valence-corrected chi connectivity index (χ4v) is 5.75. The SMILES string of the molecule is Cc1ccsc1C(=O)N1CCc2c(c(C(=O)N3CCC(O)CC3)nn2CCc2ccccc2)C1. The highest BCUT2D eigenvalue weighted by Crippen LogP contribution is 2.28. The van der Waals surface area contributed by atoms with Gasteiger partial charge in [0, 0.05) is 43.9 Å². The fourth-order valence-electron chi connectivity index (χ4n) is 4.85. The molecule has 0 bridgehead atoms. The van der Waals surface area contributed by atoms with Gasteiger partial charge in [-0.1, -0.05) is 30.3 Å². The Hall–Kier alpha value is -2.97. The van der Waals surface area contributed by atoms with Crippen LogP contribution in [0.4, 0.5) is 0 Å². The molecule has 0 saturated carbocycles. The molecule has 178 valence electrons. The topological polar surface area (TPSA) is 78.7 Å². The number of benzene rings is 1. The molecule has 0 radical (unpaired) electrons. The monoisotopic (exact) mass is 478 g/mol. The van der Waals surface area contributed by atoms with Gasteiger partial charge in [-0.15, -0.1) is 11.3 Å². The van der Waals surface area contributed by atoms with Crippen LogP contribution in [0.15, 0.2) is 41.8 Å². The third kappa shape index (κ3) is 4.52. The molecular formula is C26H30N4O3S. The van der Waals surface area contributed by atoms with Crippen LogP contribution in [-0.4, -0.2) is 62.2 Å². The molecule has 4 heterocycles. The van der Waals surface area contributed by atoms with Crippen LogP contribution in [0.1, 0.15) is 55.4 Å². The van der Waals surface area contributed by atoms with Crippen molar-refractivity contribution in [1.82, 2.24) is 19.6 Å². The smallest absolute Gasteiger partial charge is 0.274 e. The summed E-state index contributed by atoms with van der Waals surface area (Å²) < 4.78 is 1.98. The Balaban J connectivity index is 1.43. The van der Waals surface area contributed by atoms with Crippen molar-refractivity contribution >= 4 is 23.2 Å². The Kier molecular flexibility index (Phi) is 6.52. The third-order valence-corrected chi connectivity index (χ3v) is 7.89. The number of hydrogen-bond donors (Lipinski definition) is 1. The normalized spacial score (nSPS) is 16.5. The first-order valence-electron chi connectivity index (χ1n) is 11.9. The standard InChI is InChI=1S/C26H30N4O3S/c1-18-11-16-34-24(18)26(33)29-14-10-22-21(17-29)23(25(32)28-12-8-20(31)9-13-28)27-30(22)15-7-19-5-3-2-4-6-19/h2-6,11,16,20,31H,7-10,12-15,17H2,1H3. The van der Waals surface area contributed by atoms with Crippen molar-refractivity contribution < 1.29 is 14.7 Å². The molecule has 0 atom stereocenters. The summed E-state index contributed by atoms with van der Waals surface area (Å²) >= 11 is 1.47. The van der Waals surface area contributed by atoms with Gasteiger partial charge < -0.3 is 14.9 Å². The van der Waals surface area contributed by atoms with E-state index in [1.54, 1.807) is 4.90 Å². The highest BCUT2D eigenvalue weighted by atomic mass is 32.1. The number of fused-ring (bicyclic) bond motifs is 1. The first kappa shape index (κ1) is 22.8. The number of hydrogen-bond acceptors (Lipinski definition) is 5. The lowest BCUT2D eigenvalue weighted by molar-refractivity contribution is 0.0536. The van der Waals surface area contributed by atoms with E-state index in [-0.39, 0.29) is 17.9 Å². The molecule has 0 unspecified atom stereocenters. The maximum absolute atomic E-state index is 13.5. The van der Waals surface area contributed by atoms with Crippen LogP contribution in [0.3, 0.4) is 0 Å². The van der Waals surface area contributed by atoms with Crippen LogP contribution in [-0.2, 0) is 25.9 Å². The second kappa shape index (κ2) is 9.72. The van der Waals surface area contributed by atoms with Crippen LogP contribution in [0.5, 0.6) is 0 Å². The number of piperidine rings is 1. The van der Waals surface area contributed by atoms with Gasteiger partial charge in [0.15, 0.2) is 5.69 Å². The number of aliphatic hydroxyl groups is 1. The van der Waals surface area contributed by atoms with E-state index < -0.39 is 0 Å². The van der Waals surface area contributed by atoms with Crippen LogP contribution < -0.4 is 0 Å². The van der Waals surface area contributed by atoms with Gasteiger partial charge in [-0.05, 0) is 48.8 Å². The number of rotatable bonds is 5. The summed E-state index contributed by atoms with van der Waals surface area (Å²) in [6.45, 7) is 4.72. The Labute approximate surface area is 203 Å². The van der Waals surface area contributed by atoms with E-state index in [2.05, 4.69) is 12.1 Å². The summed E-state index contributed by atoms with van der Waals surface area (Å²) in [5.74, 6) is -0.0714. The van der Waals surface area contributed by atoms with Crippen LogP contribution in [0.25, 0.3) is 0 Å². The average Bonchev–Trinajstić information content (AvgIpc) is 3.46. The van der Waals surface area contributed by atoms with E-state index >= 15 is 0 Å². The molecule has 34 heavy (non-hydrogen) atoms. The molecule has 8 heteroatoms. The zero-order valence-corrected chi connectivity index (χ0v) is 20.3. The molecule has 0 aliphatic carbocycles. The Bertz CT molecular complexity index is 1180. The lowest BCUT2D eigenvalue weighted by Gasteiger charge is -2.30. The minimum absolute atomic E-state index is 0.0229. The molecule has 5 rings (SSSR count). The minimum Gasteiger partial charge on any atom is -0.393 e. The van der Waals surface area contributed by atoms with E-state index in [1.807, 2.05) is 46.2 Å². The minimum atomic E-state index is -0.344. The zero-order chi connectivity index (χ0) is 23.7. The van der Waals surface area contributed by atoms with Crippen molar-refractivity contribution in [3.63, 3.8) is 0 Å². The summed E-state index contributed by atoms with van der Waals surface area (Å²) in [7, 11) is 0. The number of aromatic nitrogens is 2. The average molecular weight is 479 g/mol. The Morgan fingerprint density at radius 2 is 1.82 bits per heavy atom. The maximum atomic E-state index is 13.5. The Morgan fingerprint density at radius 3 is 2.53 bits per heavy atom. The van der Waals surface area contributed by atoms with Gasteiger partial charge in [0.1, 0.15) is 0 Å². The number of nitrogens with zero attached hydrogens (tertiary/aromatic N) is 4. The fraction of sp³-hybridized carbons (Fsp3) is 0.423. The summed E-state index contributed by atoms with van der Waals surface area (Å²) in [5, 5.41) is 16.6. The van der Waals surface area contributed by atoms with E-state index in [1.165, 1.54) is 16.9 Å². The lowest BCUT2D eigenvalue weighted by atomic mass is 10.0. The second-order valence-corrected chi connectivity index (χ2v) is 10.1. The van der Waals surface area contributed by atoms with Gasteiger partial charge in [0.05, 0.1) is 17.5 Å². The van der Waals surface area contributed by atoms with Gasteiger partial charge in [0.25, 0.3) is 11.8 Å². The van der Waals surface area contributed by atoms with Crippen molar-refractivity contribution in [3.8, 4) is 0 Å². The quantitative estimate of drug-likeness (QED) is 0.610. The molecule has 1 saturated heterocycles.